The first-order valence-corrected chi connectivity index (χ1v) is 5.21. The summed E-state index contributed by atoms with van der Waals surface area (Å²) in [5, 5.41) is 6.46. The van der Waals surface area contributed by atoms with Gasteiger partial charge in [-0.1, -0.05) is 12.0 Å². The topological polar surface area (TPSA) is 81.1 Å². The van der Waals surface area contributed by atoms with E-state index in [9.17, 15) is 4.79 Å². The van der Waals surface area contributed by atoms with Crippen molar-refractivity contribution in [2.75, 3.05) is 19.6 Å². The first-order chi connectivity index (χ1) is 7.15. The van der Waals surface area contributed by atoms with Crippen molar-refractivity contribution in [3.8, 4) is 0 Å². The van der Waals surface area contributed by atoms with Crippen LogP contribution < -0.4 is 5.32 Å². The summed E-state index contributed by atoms with van der Waals surface area (Å²) >= 11 is 0. The molecule has 15 heavy (non-hydrogen) atoms. The summed E-state index contributed by atoms with van der Waals surface area (Å²) in [5.41, 5.74) is 8.18. The molecular formula is C9H17N5O. The van der Waals surface area contributed by atoms with Gasteiger partial charge in [0.1, 0.15) is 0 Å². The third kappa shape index (κ3) is 3.77. The van der Waals surface area contributed by atoms with Gasteiger partial charge in [0.2, 0.25) is 5.91 Å². The molecule has 6 nitrogen and oxygen atoms in total. The summed E-state index contributed by atoms with van der Waals surface area (Å²) in [6.07, 6.45) is 0.938. The van der Waals surface area contributed by atoms with Gasteiger partial charge in [-0.05, 0) is 18.9 Å². The van der Waals surface area contributed by atoms with Crippen molar-refractivity contribution in [1.29, 1.82) is 0 Å². The summed E-state index contributed by atoms with van der Waals surface area (Å²) in [6, 6.07) is 0.276. The molecule has 0 aromatic heterocycles. The van der Waals surface area contributed by atoms with Gasteiger partial charge >= 0.3 is 0 Å². The highest BCUT2D eigenvalue weighted by Crippen LogP contribution is 2.10. The molecule has 1 heterocycles. The van der Waals surface area contributed by atoms with E-state index in [4.69, 9.17) is 5.53 Å². The Balaban J connectivity index is 2.16. The molecule has 1 amide bonds. The number of hydrogen-bond acceptors (Lipinski definition) is 3. The van der Waals surface area contributed by atoms with E-state index in [1.807, 2.05) is 18.7 Å². The van der Waals surface area contributed by atoms with Crippen LogP contribution >= 0.6 is 0 Å². The smallest absolute Gasteiger partial charge is 0.234 e. The third-order valence-corrected chi connectivity index (χ3v) is 2.54. The van der Waals surface area contributed by atoms with Crippen molar-refractivity contribution in [2.45, 2.75) is 32.4 Å². The molecule has 1 aliphatic heterocycles. The van der Waals surface area contributed by atoms with Crippen molar-refractivity contribution in [3.05, 3.63) is 10.4 Å². The lowest BCUT2D eigenvalue weighted by molar-refractivity contribution is -0.123. The molecule has 1 fully saturated rings. The van der Waals surface area contributed by atoms with E-state index in [0.717, 1.165) is 6.42 Å². The molecule has 1 N–H and O–H groups in total. The fourth-order valence-corrected chi connectivity index (χ4v) is 1.44. The molecule has 0 aliphatic carbocycles. The van der Waals surface area contributed by atoms with Gasteiger partial charge in [0, 0.05) is 24.0 Å². The highest BCUT2D eigenvalue weighted by molar-refractivity contribution is 5.78. The number of nitrogens with zero attached hydrogens (tertiary/aromatic N) is 4. The molecule has 0 saturated carbocycles. The van der Waals surface area contributed by atoms with Crippen LogP contribution in [0.3, 0.4) is 0 Å². The maximum Gasteiger partial charge on any atom is 0.234 e. The SMILES string of the molecule is CC[C@H](C)NC(=O)CN1CC(N=[N+]=[N-])C1. The second kappa shape index (κ2) is 5.58. The lowest BCUT2D eigenvalue weighted by Crippen LogP contribution is -2.53. The molecule has 1 aliphatic rings. The van der Waals surface area contributed by atoms with Crippen LogP contribution in [0.4, 0.5) is 0 Å². The van der Waals surface area contributed by atoms with E-state index in [1.165, 1.54) is 0 Å². The Kier molecular flexibility index (Phi) is 4.39. The van der Waals surface area contributed by atoms with Gasteiger partial charge in [-0.25, -0.2) is 0 Å². The molecule has 0 spiro atoms. The predicted octanol–water partition coefficient (Wildman–Crippen LogP) is 0.896. The number of hydrogen-bond donors (Lipinski definition) is 1. The van der Waals surface area contributed by atoms with E-state index in [2.05, 4.69) is 15.3 Å². The van der Waals surface area contributed by atoms with Gasteiger partial charge in [-0.3, -0.25) is 9.69 Å². The number of azide groups is 1. The number of nitrogens with one attached hydrogen (secondary N) is 1. The lowest BCUT2D eigenvalue weighted by Gasteiger charge is -2.35. The fraction of sp³-hybridized carbons (Fsp3) is 0.889. The molecule has 1 saturated heterocycles. The van der Waals surface area contributed by atoms with Crippen molar-refractivity contribution in [2.24, 2.45) is 5.11 Å². The summed E-state index contributed by atoms with van der Waals surface area (Å²) < 4.78 is 0. The van der Waals surface area contributed by atoms with Gasteiger partial charge in [-0.15, -0.1) is 0 Å². The minimum atomic E-state index is 0.0451. The summed E-state index contributed by atoms with van der Waals surface area (Å²) in [7, 11) is 0. The Morgan fingerprint density at radius 1 is 1.73 bits per heavy atom. The molecule has 0 radical (unpaired) electrons. The fourth-order valence-electron chi connectivity index (χ4n) is 1.44. The van der Waals surface area contributed by atoms with Gasteiger partial charge in [0.25, 0.3) is 0 Å². The van der Waals surface area contributed by atoms with Crippen LogP contribution in [-0.2, 0) is 4.79 Å². The monoisotopic (exact) mass is 211 g/mol. The molecular weight excluding hydrogens is 194 g/mol. The molecule has 84 valence electrons. The van der Waals surface area contributed by atoms with Crippen LogP contribution in [0, 0.1) is 0 Å². The molecule has 0 unspecified atom stereocenters. The number of likely N-dealkylation sites (tertiary alicyclic amines) is 1. The second-order valence-corrected chi connectivity index (χ2v) is 3.93. The highest BCUT2D eigenvalue weighted by atomic mass is 16.2. The van der Waals surface area contributed by atoms with Crippen LogP contribution in [0.5, 0.6) is 0 Å². The standard InChI is InChI=1S/C9H17N5O/c1-3-7(2)11-9(15)6-14-4-8(5-14)12-13-10/h7-8H,3-6H2,1-2H3,(H,11,15)/t7-/m0/s1. The van der Waals surface area contributed by atoms with Gasteiger partial charge < -0.3 is 5.32 Å². The number of carbonyl (C=O) groups excluding carboxylic acids is 1. The Hall–Kier alpha value is -1.26. The minimum Gasteiger partial charge on any atom is -0.353 e. The zero-order valence-electron chi connectivity index (χ0n) is 9.18. The normalized spacial score (nSPS) is 18.8. The maximum absolute atomic E-state index is 11.4. The zero-order chi connectivity index (χ0) is 11.3. The average Bonchev–Trinajstić information content (AvgIpc) is 2.14. The van der Waals surface area contributed by atoms with E-state index in [-0.39, 0.29) is 18.0 Å². The summed E-state index contributed by atoms with van der Waals surface area (Å²) in [5.74, 6) is 0.0451. The van der Waals surface area contributed by atoms with E-state index >= 15 is 0 Å². The van der Waals surface area contributed by atoms with E-state index in [1.54, 1.807) is 0 Å². The summed E-state index contributed by atoms with van der Waals surface area (Å²) in [6.45, 7) is 5.81. The Morgan fingerprint density at radius 3 is 2.93 bits per heavy atom. The van der Waals surface area contributed by atoms with Crippen molar-refractivity contribution in [1.82, 2.24) is 10.2 Å². The maximum atomic E-state index is 11.4. The molecule has 0 aromatic carbocycles. The third-order valence-electron chi connectivity index (χ3n) is 2.54. The number of carbonyl (C=O) groups is 1. The van der Waals surface area contributed by atoms with Crippen LogP contribution in [-0.4, -0.2) is 42.5 Å². The van der Waals surface area contributed by atoms with Gasteiger partial charge in [-0.2, -0.15) is 0 Å². The largest absolute Gasteiger partial charge is 0.353 e. The van der Waals surface area contributed by atoms with Crippen LogP contribution in [0.1, 0.15) is 20.3 Å². The Morgan fingerprint density at radius 2 is 2.40 bits per heavy atom. The molecule has 1 atom stereocenters. The molecule has 0 aromatic rings. The Labute approximate surface area is 89.3 Å². The van der Waals surface area contributed by atoms with E-state index < -0.39 is 0 Å². The number of amides is 1. The quantitative estimate of drug-likeness (QED) is 0.416. The molecule has 6 heteroatoms. The van der Waals surface area contributed by atoms with E-state index in [0.29, 0.717) is 19.6 Å². The predicted molar refractivity (Wildman–Crippen MR) is 57.3 cm³/mol. The van der Waals surface area contributed by atoms with Crippen LogP contribution in [0.15, 0.2) is 5.11 Å². The lowest BCUT2D eigenvalue weighted by atomic mass is 10.1. The van der Waals surface area contributed by atoms with Gasteiger partial charge in [0.05, 0.1) is 12.6 Å². The van der Waals surface area contributed by atoms with Crippen molar-refractivity contribution >= 4 is 5.91 Å². The minimum absolute atomic E-state index is 0.0451. The highest BCUT2D eigenvalue weighted by Gasteiger charge is 2.27. The Bertz CT molecular complexity index is 268. The van der Waals surface area contributed by atoms with Crippen molar-refractivity contribution in [3.63, 3.8) is 0 Å². The molecule has 0 bridgehead atoms. The zero-order valence-corrected chi connectivity index (χ0v) is 9.18. The van der Waals surface area contributed by atoms with Crippen LogP contribution in [0.2, 0.25) is 0 Å². The summed E-state index contributed by atoms with van der Waals surface area (Å²) in [4.78, 5) is 16.1. The molecule has 1 rings (SSSR count). The number of rotatable bonds is 5. The first-order valence-electron chi connectivity index (χ1n) is 5.21. The first kappa shape index (κ1) is 11.8. The van der Waals surface area contributed by atoms with Crippen molar-refractivity contribution < 1.29 is 4.79 Å². The second-order valence-electron chi connectivity index (χ2n) is 3.93. The van der Waals surface area contributed by atoms with Gasteiger partial charge in [0.15, 0.2) is 0 Å². The van der Waals surface area contributed by atoms with Crippen LogP contribution in [0.25, 0.3) is 10.4 Å². The average molecular weight is 211 g/mol.